The zero-order chi connectivity index (χ0) is 19.8. The van der Waals surface area contributed by atoms with Gasteiger partial charge in [0.1, 0.15) is 0 Å². The number of benzene rings is 2. The van der Waals surface area contributed by atoms with Gasteiger partial charge in [-0.25, -0.2) is 0 Å². The van der Waals surface area contributed by atoms with Crippen LogP contribution in [0.25, 0.3) is 0 Å². The van der Waals surface area contributed by atoms with E-state index in [9.17, 15) is 5.11 Å². The monoisotopic (exact) mass is 502 g/mol. The van der Waals surface area contributed by atoms with Crippen LogP contribution in [-0.4, -0.2) is 53.2 Å². The molecule has 3 nitrogen and oxygen atoms in total. The second-order valence-corrected chi connectivity index (χ2v) is 10.5. The third-order valence-corrected chi connectivity index (χ3v) is 8.28. The summed E-state index contributed by atoms with van der Waals surface area (Å²) in [6.45, 7) is 5.20. The van der Waals surface area contributed by atoms with Crippen LogP contribution < -0.4 is 0 Å². The van der Waals surface area contributed by atoms with Crippen LogP contribution in [-0.2, 0) is 18.4 Å². The van der Waals surface area contributed by atoms with Crippen LogP contribution in [0.15, 0.2) is 48.5 Å². The van der Waals surface area contributed by atoms with E-state index in [0.29, 0.717) is 5.41 Å². The molecule has 2 heterocycles. The molecule has 2 aromatic carbocycles. The highest BCUT2D eigenvalue weighted by Crippen LogP contribution is 2.46. The van der Waals surface area contributed by atoms with E-state index in [2.05, 4.69) is 80.9 Å². The van der Waals surface area contributed by atoms with Gasteiger partial charge in [0.2, 0.25) is 0 Å². The summed E-state index contributed by atoms with van der Waals surface area (Å²) < 4.78 is 1.30. The summed E-state index contributed by atoms with van der Waals surface area (Å²) in [6.07, 6.45) is 5.73. The second-order valence-electron chi connectivity index (χ2n) is 9.26. The van der Waals surface area contributed by atoms with Gasteiger partial charge in [0.25, 0.3) is 0 Å². The number of piperidine rings is 2. The molecule has 1 aliphatic carbocycles. The van der Waals surface area contributed by atoms with Crippen LogP contribution in [0.5, 0.6) is 0 Å². The van der Waals surface area contributed by atoms with Crippen molar-refractivity contribution in [1.82, 2.24) is 9.80 Å². The number of hydrogen-bond acceptors (Lipinski definition) is 3. The fraction of sp³-hybridized carbons (Fsp3) is 0.520. The molecule has 2 saturated heterocycles. The molecule has 0 amide bonds. The molecule has 2 fully saturated rings. The summed E-state index contributed by atoms with van der Waals surface area (Å²) in [4.78, 5) is 5.13. The molecule has 2 aliphatic heterocycles. The highest BCUT2D eigenvalue weighted by molar-refractivity contribution is 14.1. The normalized spacial score (nSPS) is 27.2. The number of aliphatic hydroxyl groups excluding tert-OH is 1. The number of nitrogens with zero attached hydrogens (tertiary/aromatic N) is 2. The average Bonchev–Trinajstić information content (AvgIpc) is 3.09. The fourth-order valence-electron chi connectivity index (χ4n) is 5.95. The standard InChI is InChI=1S/C25H31IN2O/c26-21-6-3-4-19(16-21)17-27-13-9-24(29)23(18-27)28-14-11-25(12-15-28)10-8-20-5-1-2-7-22(20)25/h1-7,16,23-24,29H,8-15,17-18H2/t23-,24-/m0/s1. The van der Waals surface area contributed by atoms with E-state index >= 15 is 0 Å². The number of rotatable bonds is 3. The fourth-order valence-corrected chi connectivity index (χ4v) is 6.56. The van der Waals surface area contributed by atoms with Crippen molar-refractivity contribution in [2.75, 3.05) is 26.2 Å². The summed E-state index contributed by atoms with van der Waals surface area (Å²) >= 11 is 2.39. The Morgan fingerprint density at radius 1 is 1.00 bits per heavy atom. The number of aliphatic hydroxyl groups is 1. The maximum atomic E-state index is 10.8. The molecule has 0 aromatic heterocycles. The predicted octanol–water partition coefficient (Wildman–Crippen LogP) is 4.21. The first-order valence-corrected chi connectivity index (χ1v) is 12.2. The van der Waals surface area contributed by atoms with Gasteiger partial charge in [-0.15, -0.1) is 0 Å². The van der Waals surface area contributed by atoms with Crippen molar-refractivity contribution in [3.63, 3.8) is 0 Å². The smallest absolute Gasteiger partial charge is 0.0720 e. The highest BCUT2D eigenvalue weighted by atomic mass is 127. The van der Waals surface area contributed by atoms with Gasteiger partial charge in [0.15, 0.2) is 0 Å². The average molecular weight is 502 g/mol. The minimum atomic E-state index is -0.188. The Hall–Kier alpha value is -0.950. The molecule has 1 spiro atoms. The first-order chi connectivity index (χ1) is 14.1. The van der Waals surface area contributed by atoms with Crippen molar-refractivity contribution in [3.05, 3.63) is 68.8 Å². The molecule has 0 saturated carbocycles. The molecule has 0 radical (unpaired) electrons. The van der Waals surface area contributed by atoms with Crippen molar-refractivity contribution < 1.29 is 5.11 Å². The van der Waals surface area contributed by atoms with Gasteiger partial charge in [-0.05, 0) is 102 Å². The molecule has 5 rings (SSSR count). The van der Waals surface area contributed by atoms with Gasteiger partial charge >= 0.3 is 0 Å². The maximum absolute atomic E-state index is 10.8. The van der Waals surface area contributed by atoms with E-state index in [1.807, 2.05) is 0 Å². The maximum Gasteiger partial charge on any atom is 0.0720 e. The van der Waals surface area contributed by atoms with Crippen molar-refractivity contribution in [1.29, 1.82) is 0 Å². The molecule has 154 valence electrons. The van der Waals surface area contributed by atoms with Crippen molar-refractivity contribution in [3.8, 4) is 0 Å². The topological polar surface area (TPSA) is 26.7 Å². The number of fused-ring (bicyclic) bond motifs is 2. The molecule has 3 aliphatic rings. The number of halogens is 1. The summed E-state index contributed by atoms with van der Waals surface area (Å²) in [5.41, 5.74) is 4.96. The van der Waals surface area contributed by atoms with E-state index < -0.39 is 0 Å². The molecule has 2 aromatic rings. The zero-order valence-corrected chi connectivity index (χ0v) is 19.2. The van der Waals surface area contributed by atoms with Gasteiger partial charge < -0.3 is 5.11 Å². The van der Waals surface area contributed by atoms with Gasteiger partial charge in [-0.2, -0.15) is 0 Å². The third-order valence-electron chi connectivity index (χ3n) is 7.61. The van der Waals surface area contributed by atoms with Crippen LogP contribution in [0.2, 0.25) is 0 Å². The number of likely N-dealkylation sites (tertiary alicyclic amines) is 2. The second kappa shape index (κ2) is 8.29. The van der Waals surface area contributed by atoms with Gasteiger partial charge in [-0.3, -0.25) is 9.80 Å². The lowest BCUT2D eigenvalue weighted by Crippen LogP contribution is -2.57. The zero-order valence-electron chi connectivity index (χ0n) is 17.1. The van der Waals surface area contributed by atoms with Gasteiger partial charge in [-0.1, -0.05) is 36.4 Å². The van der Waals surface area contributed by atoms with Crippen molar-refractivity contribution in [2.24, 2.45) is 0 Å². The predicted molar refractivity (Wildman–Crippen MR) is 126 cm³/mol. The minimum absolute atomic E-state index is 0.188. The Labute approximate surface area is 188 Å². The van der Waals surface area contributed by atoms with Crippen LogP contribution in [0.4, 0.5) is 0 Å². The Kier molecular flexibility index (Phi) is 5.71. The lowest BCUT2D eigenvalue weighted by Gasteiger charge is -2.47. The lowest BCUT2D eigenvalue weighted by molar-refractivity contribution is -0.0285. The Morgan fingerprint density at radius 2 is 1.83 bits per heavy atom. The summed E-state index contributed by atoms with van der Waals surface area (Å²) in [6, 6.07) is 18.2. The largest absolute Gasteiger partial charge is 0.391 e. The van der Waals surface area contributed by atoms with Gasteiger partial charge in [0.05, 0.1) is 6.10 Å². The summed E-state index contributed by atoms with van der Waals surface area (Å²) in [5.74, 6) is 0. The summed E-state index contributed by atoms with van der Waals surface area (Å²) in [5, 5.41) is 10.8. The van der Waals surface area contributed by atoms with E-state index in [4.69, 9.17) is 0 Å². The SMILES string of the molecule is O[C@H]1CCN(Cc2cccc(I)c2)C[C@@H]1N1CCC2(CCc3ccccc32)CC1. The molecule has 0 unspecified atom stereocenters. The highest BCUT2D eigenvalue weighted by Gasteiger charge is 2.43. The first kappa shape index (κ1) is 20.0. The van der Waals surface area contributed by atoms with Crippen LogP contribution in [0.1, 0.15) is 42.4 Å². The van der Waals surface area contributed by atoms with Crippen molar-refractivity contribution in [2.45, 2.75) is 56.2 Å². The van der Waals surface area contributed by atoms with E-state index in [1.165, 1.54) is 34.8 Å². The Morgan fingerprint density at radius 3 is 2.66 bits per heavy atom. The molecular weight excluding hydrogens is 471 g/mol. The Bertz CT molecular complexity index is 861. The minimum Gasteiger partial charge on any atom is -0.391 e. The molecule has 1 N–H and O–H groups in total. The molecule has 0 bridgehead atoms. The molecule has 4 heteroatoms. The Balaban J connectivity index is 1.24. The van der Waals surface area contributed by atoms with Crippen LogP contribution in [0, 0.1) is 3.57 Å². The quantitative estimate of drug-likeness (QED) is 0.638. The van der Waals surface area contributed by atoms with Crippen LogP contribution >= 0.6 is 22.6 Å². The van der Waals surface area contributed by atoms with E-state index in [0.717, 1.165) is 39.1 Å². The first-order valence-electron chi connectivity index (χ1n) is 11.1. The third kappa shape index (κ3) is 4.01. The molecular formula is C25H31IN2O. The summed E-state index contributed by atoms with van der Waals surface area (Å²) in [7, 11) is 0. The van der Waals surface area contributed by atoms with Crippen LogP contribution in [0.3, 0.4) is 0 Å². The van der Waals surface area contributed by atoms with Gasteiger partial charge in [0, 0.05) is 29.2 Å². The van der Waals surface area contributed by atoms with E-state index in [-0.39, 0.29) is 12.1 Å². The molecule has 29 heavy (non-hydrogen) atoms. The number of hydrogen-bond donors (Lipinski definition) is 1. The van der Waals surface area contributed by atoms with E-state index in [1.54, 1.807) is 11.1 Å². The van der Waals surface area contributed by atoms with Crippen molar-refractivity contribution >= 4 is 22.6 Å². The number of aryl methyl sites for hydroxylation is 1. The molecule has 2 atom stereocenters. The lowest BCUT2D eigenvalue weighted by atomic mass is 9.73.